The summed E-state index contributed by atoms with van der Waals surface area (Å²) in [5.74, 6) is -0.586. The number of benzene rings is 1. The van der Waals surface area contributed by atoms with Crippen molar-refractivity contribution in [2.24, 2.45) is 0 Å². The van der Waals surface area contributed by atoms with Gasteiger partial charge in [0.15, 0.2) is 0 Å². The van der Waals surface area contributed by atoms with Crippen molar-refractivity contribution in [1.82, 2.24) is 20.4 Å². The molecule has 0 unspecified atom stereocenters. The molecular formula is C32H50N4O6. The molecule has 4 amide bonds. The highest BCUT2D eigenvalue weighted by Gasteiger charge is 2.55. The van der Waals surface area contributed by atoms with E-state index in [0.29, 0.717) is 0 Å². The first-order valence-corrected chi connectivity index (χ1v) is 15.0. The molecule has 2 aliphatic rings. The minimum absolute atomic E-state index is 0.144. The summed E-state index contributed by atoms with van der Waals surface area (Å²) in [7, 11) is 0. The van der Waals surface area contributed by atoms with Crippen LogP contribution in [0, 0.1) is 0 Å². The highest BCUT2D eigenvalue weighted by atomic mass is 16.6. The Kier molecular flexibility index (Phi) is 9.89. The van der Waals surface area contributed by atoms with Gasteiger partial charge in [0.05, 0.1) is 0 Å². The summed E-state index contributed by atoms with van der Waals surface area (Å²) < 4.78 is 11.1. The van der Waals surface area contributed by atoms with E-state index in [4.69, 9.17) is 9.47 Å². The van der Waals surface area contributed by atoms with Crippen molar-refractivity contribution < 1.29 is 28.7 Å². The maximum atomic E-state index is 14.6. The average Bonchev–Trinajstić information content (AvgIpc) is 3.66. The molecular weight excluding hydrogens is 536 g/mol. The van der Waals surface area contributed by atoms with Crippen molar-refractivity contribution in [2.45, 2.75) is 129 Å². The van der Waals surface area contributed by atoms with Crippen LogP contribution in [-0.2, 0) is 25.5 Å². The topological polar surface area (TPSA) is 117 Å². The van der Waals surface area contributed by atoms with Crippen molar-refractivity contribution >= 4 is 24.0 Å². The molecule has 42 heavy (non-hydrogen) atoms. The molecule has 10 heteroatoms. The molecule has 0 spiro atoms. The predicted octanol–water partition coefficient (Wildman–Crippen LogP) is 4.80. The van der Waals surface area contributed by atoms with Crippen molar-refractivity contribution in [3.05, 3.63) is 35.9 Å². The van der Waals surface area contributed by atoms with E-state index in [1.165, 1.54) is 0 Å². The van der Waals surface area contributed by atoms with Gasteiger partial charge < -0.3 is 29.9 Å². The van der Waals surface area contributed by atoms with Gasteiger partial charge in [0.1, 0.15) is 22.8 Å². The van der Waals surface area contributed by atoms with Crippen LogP contribution in [0.4, 0.5) is 9.59 Å². The Hall–Kier alpha value is -3.30. The second kappa shape index (κ2) is 12.5. The van der Waals surface area contributed by atoms with Gasteiger partial charge in [0.25, 0.3) is 0 Å². The fourth-order valence-electron chi connectivity index (χ4n) is 5.16. The van der Waals surface area contributed by atoms with Gasteiger partial charge in [-0.15, -0.1) is 0 Å². The van der Waals surface area contributed by atoms with E-state index in [-0.39, 0.29) is 50.2 Å². The van der Waals surface area contributed by atoms with Crippen molar-refractivity contribution in [1.29, 1.82) is 0 Å². The molecule has 1 saturated heterocycles. The van der Waals surface area contributed by atoms with Crippen LogP contribution in [0.1, 0.15) is 93.6 Å². The molecule has 234 valence electrons. The van der Waals surface area contributed by atoms with Crippen LogP contribution in [0.5, 0.6) is 0 Å². The number of carbonyl (C=O) groups excluding carboxylic acids is 4. The second-order valence-corrected chi connectivity index (χ2v) is 14.5. The zero-order valence-electron chi connectivity index (χ0n) is 26.8. The minimum atomic E-state index is -1.20. The highest BCUT2D eigenvalue weighted by Crippen LogP contribution is 2.40. The number of hydrogen-bond acceptors (Lipinski definition) is 6. The first kappa shape index (κ1) is 33.2. The molecule has 1 atom stereocenters. The molecule has 3 rings (SSSR count). The molecule has 2 fully saturated rings. The lowest BCUT2D eigenvalue weighted by molar-refractivity contribution is -0.154. The Morgan fingerprint density at radius 3 is 1.93 bits per heavy atom. The Bertz CT molecular complexity index is 1120. The largest absolute Gasteiger partial charge is 0.444 e. The summed E-state index contributed by atoms with van der Waals surface area (Å²) in [5, 5.41) is 5.92. The number of amides is 4. The SMILES string of the molecule is CC(C)(C)NC(=O)C1(N(C(=O)[C@H](Cc2ccccc2)NC(=O)OC(C)(C)C)C2CC2)CCN(C(=O)OC(C)(C)C)CC1. The maximum absolute atomic E-state index is 14.6. The first-order chi connectivity index (χ1) is 19.3. The van der Waals surface area contributed by atoms with Crippen molar-refractivity contribution in [2.75, 3.05) is 13.1 Å². The first-order valence-electron chi connectivity index (χ1n) is 15.0. The number of carbonyl (C=O) groups is 4. The number of alkyl carbamates (subject to hydrolysis) is 1. The lowest BCUT2D eigenvalue weighted by atomic mass is 9.82. The van der Waals surface area contributed by atoms with Crippen LogP contribution in [0.15, 0.2) is 30.3 Å². The summed E-state index contributed by atoms with van der Waals surface area (Å²) in [6, 6.07) is 8.37. The molecule has 1 saturated carbocycles. The predicted molar refractivity (Wildman–Crippen MR) is 161 cm³/mol. The zero-order chi connectivity index (χ0) is 31.5. The number of piperidine rings is 1. The molecule has 10 nitrogen and oxygen atoms in total. The van der Waals surface area contributed by atoms with Gasteiger partial charge in [-0.05, 0) is 93.6 Å². The van der Waals surface area contributed by atoms with Crippen LogP contribution >= 0.6 is 0 Å². The van der Waals surface area contributed by atoms with Gasteiger partial charge in [0.2, 0.25) is 11.8 Å². The third-order valence-electron chi connectivity index (χ3n) is 7.04. The Labute approximate surface area is 250 Å². The van der Waals surface area contributed by atoms with E-state index in [1.807, 2.05) is 71.9 Å². The Morgan fingerprint density at radius 2 is 1.45 bits per heavy atom. The van der Waals surface area contributed by atoms with Gasteiger partial charge in [-0.3, -0.25) is 9.59 Å². The lowest BCUT2D eigenvalue weighted by Crippen LogP contribution is -2.69. The molecule has 2 N–H and O–H groups in total. The quantitative estimate of drug-likeness (QED) is 0.474. The van der Waals surface area contributed by atoms with E-state index in [2.05, 4.69) is 10.6 Å². The Morgan fingerprint density at radius 1 is 0.905 bits per heavy atom. The monoisotopic (exact) mass is 586 g/mol. The summed E-state index contributed by atoms with van der Waals surface area (Å²) in [6.45, 7) is 17.0. The van der Waals surface area contributed by atoms with E-state index in [0.717, 1.165) is 18.4 Å². The van der Waals surface area contributed by atoms with Gasteiger partial charge in [-0.1, -0.05) is 30.3 Å². The average molecular weight is 587 g/mol. The number of nitrogens with zero attached hydrogens (tertiary/aromatic N) is 2. The fraction of sp³-hybridized carbons (Fsp3) is 0.688. The summed E-state index contributed by atoms with van der Waals surface area (Å²) in [4.78, 5) is 57.9. The fourth-order valence-corrected chi connectivity index (χ4v) is 5.16. The number of likely N-dealkylation sites (tertiary alicyclic amines) is 1. The van der Waals surface area contributed by atoms with E-state index in [9.17, 15) is 19.2 Å². The Balaban J connectivity index is 1.98. The molecule has 1 aromatic carbocycles. The standard InChI is InChI=1S/C32H50N4O6/c1-29(2,3)34-26(38)32(17-19-35(20-18-32)28(40)42-31(7,8)9)36(23-15-16-23)25(37)24(21-22-13-11-10-12-14-22)33-27(39)41-30(4,5)6/h10-14,23-24H,15-21H2,1-9H3,(H,33,39)(H,34,38)/t24-/m0/s1. The van der Waals surface area contributed by atoms with Crippen LogP contribution in [0.25, 0.3) is 0 Å². The number of hydrogen-bond donors (Lipinski definition) is 2. The van der Waals surface area contributed by atoms with Gasteiger partial charge in [0, 0.05) is 31.1 Å². The minimum Gasteiger partial charge on any atom is -0.444 e. The van der Waals surface area contributed by atoms with Crippen molar-refractivity contribution in [3.8, 4) is 0 Å². The number of nitrogens with one attached hydrogen (secondary N) is 2. The van der Waals surface area contributed by atoms with Crippen molar-refractivity contribution in [3.63, 3.8) is 0 Å². The van der Waals surface area contributed by atoms with E-state index in [1.54, 1.807) is 30.6 Å². The lowest BCUT2D eigenvalue weighted by Gasteiger charge is -2.49. The second-order valence-electron chi connectivity index (χ2n) is 14.5. The number of rotatable bonds is 7. The van der Waals surface area contributed by atoms with E-state index >= 15 is 0 Å². The molecule has 1 aromatic rings. The normalized spacial score (nSPS) is 18.0. The van der Waals surface area contributed by atoms with Crippen LogP contribution in [-0.4, -0.2) is 81.3 Å². The molecule has 0 radical (unpaired) electrons. The number of ether oxygens (including phenoxy) is 2. The van der Waals surface area contributed by atoms with Gasteiger partial charge in [-0.2, -0.15) is 0 Å². The van der Waals surface area contributed by atoms with Crippen LogP contribution < -0.4 is 10.6 Å². The smallest absolute Gasteiger partial charge is 0.410 e. The third-order valence-corrected chi connectivity index (χ3v) is 7.04. The van der Waals surface area contributed by atoms with Gasteiger partial charge >= 0.3 is 12.2 Å². The van der Waals surface area contributed by atoms with Crippen LogP contribution in [0.3, 0.4) is 0 Å². The highest BCUT2D eigenvalue weighted by molar-refractivity contribution is 5.95. The van der Waals surface area contributed by atoms with E-state index < -0.39 is 40.5 Å². The van der Waals surface area contributed by atoms with Gasteiger partial charge in [-0.25, -0.2) is 9.59 Å². The molecule has 0 bridgehead atoms. The summed E-state index contributed by atoms with van der Waals surface area (Å²) in [5.41, 5.74) is -2.26. The van der Waals surface area contributed by atoms with Crippen LogP contribution in [0.2, 0.25) is 0 Å². The molecule has 1 aliphatic heterocycles. The summed E-state index contributed by atoms with van der Waals surface area (Å²) >= 11 is 0. The molecule has 1 aliphatic carbocycles. The molecule has 0 aromatic heterocycles. The molecule has 1 heterocycles. The maximum Gasteiger partial charge on any atom is 0.410 e. The third kappa shape index (κ3) is 9.36. The zero-order valence-corrected chi connectivity index (χ0v) is 26.8. The summed E-state index contributed by atoms with van der Waals surface area (Å²) in [6.07, 6.45) is 1.13.